The Kier molecular flexibility index (Phi) is 9.42. The first-order chi connectivity index (χ1) is 14.4. The summed E-state index contributed by atoms with van der Waals surface area (Å²) in [4.78, 5) is 6.03. The highest BCUT2D eigenvalue weighted by molar-refractivity contribution is 14.0. The fourth-order valence-electron chi connectivity index (χ4n) is 3.41. The number of guanidine groups is 1. The van der Waals surface area contributed by atoms with Gasteiger partial charge in [0.15, 0.2) is 5.96 Å². The number of rotatable bonds is 5. The summed E-state index contributed by atoms with van der Waals surface area (Å²) in [6.07, 6.45) is -4.43. The Morgan fingerprint density at radius 1 is 1.06 bits per heavy atom. The van der Waals surface area contributed by atoms with Crippen LogP contribution in [0.25, 0.3) is 0 Å². The Bertz CT molecular complexity index is 883. The van der Waals surface area contributed by atoms with E-state index in [0.29, 0.717) is 44.5 Å². The van der Waals surface area contributed by atoms with Crippen molar-refractivity contribution < 1.29 is 17.9 Å². The van der Waals surface area contributed by atoms with Gasteiger partial charge in [0.1, 0.15) is 0 Å². The van der Waals surface area contributed by atoms with Crippen LogP contribution in [0.2, 0.25) is 0 Å². The Hall–Kier alpha value is -2.01. The molecule has 0 aliphatic carbocycles. The van der Waals surface area contributed by atoms with Crippen LogP contribution >= 0.6 is 24.0 Å². The fourth-order valence-corrected chi connectivity index (χ4v) is 3.41. The maximum Gasteiger partial charge on any atom is 0.416 e. The summed E-state index contributed by atoms with van der Waals surface area (Å²) in [6, 6.07) is 12.5. The molecule has 0 bridgehead atoms. The Balaban J connectivity index is 0.00000341. The number of hydrogen-bond acceptors (Lipinski definition) is 3. The highest BCUT2D eigenvalue weighted by Crippen LogP contribution is 2.35. The zero-order chi connectivity index (χ0) is 21.6. The van der Waals surface area contributed by atoms with Gasteiger partial charge in [0.2, 0.25) is 0 Å². The van der Waals surface area contributed by atoms with Gasteiger partial charge in [-0.3, -0.25) is 4.99 Å². The number of nitrogens with zero attached hydrogens (tertiary/aromatic N) is 2. The predicted octanol–water partition coefficient (Wildman–Crippen LogP) is 4.33. The molecule has 2 aromatic rings. The number of ether oxygens (including phenoxy) is 1. The molecule has 0 radical (unpaired) electrons. The Labute approximate surface area is 198 Å². The third-order valence-electron chi connectivity index (χ3n) is 4.99. The molecule has 0 aromatic heterocycles. The van der Waals surface area contributed by atoms with Crippen molar-refractivity contribution >= 4 is 35.6 Å². The molecule has 1 saturated heterocycles. The predicted molar refractivity (Wildman–Crippen MR) is 128 cm³/mol. The molecule has 0 atom stereocenters. The highest BCUT2D eigenvalue weighted by Gasteiger charge is 2.34. The summed E-state index contributed by atoms with van der Waals surface area (Å²) in [5.41, 5.74) is 2.33. The lowest BCUT2D eigenvalue weighted by atomic mass is 10.0. The van der Waals surface area contributed by atoms with Crippen molar-refractivity contribution in [3.8, 4) is 0 Å². The van der Waals surface area contributed by atoms with Gasteiger partial charge in [0.05, 0.1) is 18.8 Å². The van der Waals surface area contributed by atoms with Crippen LogP contribution in [0.3, 0.4) is 0 Å². The molecule has 1 fully saturated rings. The minimum absolute atomic E-state index is 0. The number of anilines is 1. The zero-order valence-electron chi connectivity index (χ0n) is 17.6. The number of aryl methyl sites for hydroxylation is 1. The summed E-state index contributed by atoms with van der Waals surface area (Å²) >= 11 is 0. The molecular weight excluding hydrogens is 520 g/mol. The molecule has 31 heavy (non-hydrogen) atoms. The average molecular weight is 548 g/mol. The van der Waals surface area contributed by atoms with Gasteiger partial charge in [-0.25, -0.2) is 0 Å². The Morgan fingerprint density at radius 3 is 2.42 bits per heavy atom. The van der Waals surface area contributed by atoms with Crippen LogP contribution in [-0.4, -0.2) is 39.3 Å². The summed E-state index contributed by atoms with van der Waals surface area (Å²) < 4.78 is 46.4. The standard InChI is InChI=1S/C22H27F3N4O.HI/c1-16-4-3-5-17(12-16)14-27-21(26-2)28-15-18-6-7-19(13-20(18)22(23,24)25)29-8-10-30-11-9-29;/h3-7,12-13H,8-11,14-15H2,1-2H3,(H2,26,27,28);1H. The highest BCUT2D eigenvalue weighted by atomic mass is 127. The van der Waals surface area contributed by atoms with Gasteiger partial charge in [-0.1, -0.05) is 35.9 Å². The number of benzene rings is 2. The van der Waals surface area contributed by atoms with E-state index in [0.717, 1.165) is 11.1 Å². The zero-order valence-corrected chi connectivity index (χ0v) is 20.0. The fraction of sp³-hybridized carbons (Fsp3) is 0.409. The van der Waals surface area contributed by atoms with Gasteiger partial charge < -0.3 is 20.3 Å². The van der Waals surface area contributed by atoms with Crippen molar-refractivity contribution in [3.63, 3.8) is 0 Å². The number of halogens is 4. The molecule has 1 aliphatic heterocycles. The molecule has 2 N–H and O–H groups in total. The van der Waals surface area contributed by atoms with Gasteiger partial charge in [-0.2, -0.15) is 13.2 Å². The van der Waals surface area contributed by atoms with E-state index in [-0.39, 0.29) is 36.1 Å². The van der Waals surface area contributed by atoms with Crippen molar-refractivity contribution in [2.45, 2.75) is 26.2 Å². The quantitative estimate of drug-likeness (QED) is 0.332. The molecular formula is C22H28F3IN4O. The first-order valence-corrected chi connectivity index (χ1v) is 9.89. The summed E-state index contributed by atoms with van der Waals surface area (Å²) in [7, 11) is 1.60. The van der Waals surface area contributed by atoms with Gasteiger partial charge in [0, 0.05) is 38.9 Å². The van der Waals surface area contributed by atoms with Gasteiger partial charge >= 0.3 is 6.18 Å². The second-order valence-electron chi connectivity index (χ2n) is 7.21. The van der Waals surface area contributed by atoms with E-state index >= 15 is 0 Å². The van der Waals surface area contributed by atoms with Crippen LogP contribution in [0.5, 0.6) is 0 Å². The van der Waals surface area contributed by atoms with Gasteiger partial charge in [0.25, 0.3) is 0 Å². The van der Waals surface area contributed by atoms with Crippen molar-refractivity contribution in [2.24, 2.45) is 4.99 Å². The normalized spacial score (nSPS) is 14.7. The molecule has 0 unspecified atom stereocenters. The monoisotopic (exact) mass is 548 g/mol. The summed E-state index contributed by atoms with van der Waals surface area (Å²) in [6.45, 7) is 4.78. The molecule has 5 nitrogen and oxygen atoms in total. The van der Waals surface area contributed by atoms with Crippen LogP contribution in [0.15, 0.2) is 47.5 Å². The van der Waals surface area contributed by atoms with Crippen molar-refractivity contribution in [3.05, 3.63) is 64.7 Å². The third-order valence-corrected chi connectivity index (χ3v) is 4.99. The van der Waals surface area contributed by atoms with E-state index in [9.17, 15) is 13.2 Å². The third kappa shape index (κ3) is 7.27. The van der Waals surface area contributed by atoms with Gasteiger partial charge in [-0.15, -0.1) is 24.0 Å². The van der Waals surface area contributed by atoms with E-state index in [1.54, 1.807) is 13.1 Å². The Morgan fingerprint density at radius 2 is 1.77 bits per heavy atom. The summed E-state index contributed by atoms with van der Waals surface area (Å²) in [5.74, 6) is 0.446. The molecule has 0 saturated carbocycles. The second-order valence-corrected chi connectivity index (χ2v) is 7.21. The lowest BCUT2D eigenvalue weighted by Gasteiger charge is -2.29. The summed E-state index contributed by atoms with van der Waals surface area (Å²) in [5, 5.41) is 6.13. The largest absolute Gasteiger partial charge is 0.416 e. The SMILES string of the molecule is CN=C(NCc1cccc(C)c1)NCc1ccc(N2CCOCC2)cc1C(F)(F)F.I. The van der Waals surface area contributed by atoms with E-state index in [1.165, 1.54) is 12.1 Å². The van der Waals surface area contributed by atoms with Crippen molar-refractivity contribution in [1.82, 2.24) is 10.6 Å². The maximum atomic E-state index is 13.7. The molecule has 2 aromatic carbocycles. The minimum atomic E-state index is -4.43. The van der Waals surface area contributed by atoms with E-state index in [1.807, 2.05) is 36.1 Å². The molecule has 9 heteroatoms. The molecule has 1 heterocycles. The molecule has 1 aliphatic rings. The van der Waals surface area contributed by atoms with E-state index in [2.05, 4.69) is 15.6 Å². The number of nitrogens with one attached hydrogen (secondary N) is 2. The van der Waals surface area contributed by atoms with Crippen LogP contribution in [-0.2, 0) is 24.0 Å². The second kappa shape index (κ2) is 11.6. The van der Waals surface area contributed by atoms with E-state index in [4.69, 9.17) is 4.74 Å². The number of hydrogen-bond donors (Lipinski definition) is 2. The molecule has 3 rings (SSSR count). The topological polar surface area (TPSA) is 48.9 Å². The first-order valence-electron chi connectivity index (χ1n) is 9.89. The van der Waals surface area contributed by atoms with Gasteiger partial charge in [-0.05, 0) is 30.2 Å². The maximum absolute atomic E-state index is 13.7. The van der Waals surface area contributed by atoms with Crippen molar-refractivity contribution in [2.75, 3.05) is 38.3 Å². The van der Waals surface area contributed by atoms with Crippen LogP contribution in [0, 0.1) is 6.92 Å². The lowest BCUT2D eigenvalue weighted by Crippen LogP contribution is -2.37. The number of aliphatic imine (C=N–C) groups is 1. The molecule has 170 valence electrons. The molecule has 0 amide bonds. The molecule has 0 spiro atoms. The minimum Gasteiger partial charge on any atom is -0.378 e. The number of morpholine rings is 1. The van der Waals surface area contributed by atoms with Crippen molar-refractivity contribution in [1.29, 1.82) is 0 Å². The first kappa shape index (κ1) is 25.3. The average Bonchev–Trinajstić information content (AvgIpc) is 2.74. The number of alkyl halides is 3. The lowest BCUT2D eigenvalue weighted by molar-refractivity contribution is -0.138. The van der Waals surface area contributed by atoms with Crippen LogP contribution < -0.4 is 15.5 Å². The van der Waals surface area contributed by atoms with Crippen LogP contribution in [0.4, 0.5) is 18.9 Å². The van der Waals surface area contributed by atoms with E-state index < -0.39 is 11.7 Å². The van der Waals surface area contributed by atoms with Crippen LogP contribution in [0.1, 0.15) is 22.3 Å². The smallest absolute Gasteiger partial charge is 0.378 e.